The van der Waals surface area contributed by atoms with Gasteiger partial charge in [-0.15, -0.1) is 0 Å². The fourth-order valence-corrected chi connectivity index (χ4v) is 3.19. The average Bonchev–Trinajstić information content (AvgIpc) is 3.15. The van der Waals surface area contributed by atoms with E-state index in [1.165, 1.54) is 4.57 Å². The number of carbonyl (C=O) groups is 2. The molecule has 2 aromatic heterocycles. The second kappa shape index (κ2) is 9.13. The number of hydrogen-bond acceptors (Lipinski definition) is 5. The molecule has 3 aromatic rings. The molecule has 0 saturated heterocycles. The van der Waals surface area contributed by atoms with Gasteiger partial charge in [0.15, 0.2) is 0 Å². The van der Waals surface area contributed by atoms with E-state index in [2.05, 4.69) is 10.6 Å². The van der Waals surface area contributed by atoms with E-state index in [0.717, 1.165) is 5.76 Å². The Balaban J connectivity index is 1.68. The van der Waals surface area contributed by atoms with Gasteiger partial charge in [0.2, 0.25) is 5.91 Å². The third-order valence-corrected chi connectivity index (χ3v) is 4.75. The quantitative estimate of drug-likeness (QED) is 0.638. The van der Waals surface area contributed by atoms with E-state index < -0.39 is 11.5 Å². The smallest absolute Gasteiger partial charge is 0.269 e. The minimum atomic E-state index is -0.503. The molecule has 0 fully saturated rings. The van der Waals surface area contributed by atoms with Gasteiger partial charge in [0, 0.05) is 16.9 Å². The Hall–Kier alpha value is -4.12. The van der Waals surface area contributed by atoms with Gasteiger partial charge in [-0.05, 0) is 62.7 Å². The van der Waals surface area contributed by atoms with Gasteiger partial charge in [-0.2, -0.15) is 5.26 Å². The second-order valence-electron chi connectivity index (χ2n) is 7.17. The van der Waals surface area contributed by atoms with Gasteiger partial charge in [0.25, 0.3) is 11.5 Å². The third kappa shape index (κ3) is 5.08. The Morgan fingerprint density at radius 3 is 2.58 bits per heavy atom. The number of amides is 2. The highest BCUT2D eigenvalue weighted by atomic mass is 16.3. The van der Waals surface area contributed by atoms with Crippen LogP contribution < -0.4 is 16.2 Å². The van der Waals surface area contributed by atoms with Gasteiger partial charge >= 0.3 is 0 Å². The molecule has 2 amide bonds. The summed E-state index contributed by atoms with van der Waals surface area (Å²) in [5.41, 5.74) is 1.46. The Kier molecular flexibility index (Phi) is 6.36. The number of carbonyl (C=O) groups excluding carboxylic acids is 2. The van der Waals surface area contributed by atoms with E-state index in [-0.39, 0.29) is 24.6 Å². The molecule has 0 atom stereocenters. The normalized spacial score (nSPS) is 10.4. The predicted molar refractivity (Wildman–Crippen MR) is 115 cm³/mol. The minimum absolute atomic E-state index is 0.0174. The zero-order valence-electron chi connectivity index (χ0n) is 17.5. The summed E-state index contributed by atoms with van der Waals surface area (Å²) in [5.74, 6) is 0.653. The van der Waals surface area contributed by atoms with Gasteiger partial charge in [-0.3, -0.25) is 14.4 Å². The van der Waals surface area contributed by atoms with Crippen molar-refractivity contribution in [3.8, 4) is 6.07 Å². The molecule has 2 N–H and O–H groups in total. The van der Waals surface area contributed by atoms with Crippen LogP contribution in [-0.4, -0.2) is 16.4 Å². The lowest BCUT2D eigenvalue weighted by Crippen LogP contribution is -2.31. The lowest BCUT2D eigenvalue weighted by molar-refractivity contribution is -0.116. The maximum Gasteiger partial charge on any atom is 0.269 e. The Labute approximate surface area is 179 Å². The lowest BCUT2D eigenvalue weighted by Gasteiger charge is -2.12. The summed E-state index contributed by atoms with van der Waals surface area (Å²) in [4.78, 5) is 37.4. The molecule has 0 unspecified atom stereocenters. The molecule has 31 heavy (non-hydrogen) atoms. The Morgan fingerprint density at radius 1 is 1.13 bits per heavy atom. The fraction of sp³-hybridized carbons (Fsp3) is 0.217. The number of benzene rings is 1. The van der Waals surface area contributed by atoms with Crippen LogP contribution in [-0.2, 0) is 17.9 Å². The van der Waals surface area contributed by atoms with Crippen LogP contribution >= 0.6 is 0 Å². The van der Waals surface area contributed by atoms with Crippen LogP contribution in [0.1, 0.15) is 38.7 Å². The molecule has 0 bridgehead atoms. The van der Waals surface area contributed by atoms with Crippen LogP contribution in [0.15, 0.2) is 51.7 Å². The van der Waals surface area contributed by atoms with Gasteiger partial charge in [-0.25, -0.2) is 0 Å². The van der Waals surface area contributed by atoms with Gasteiger partial charge in [0.05, 0.1) is 6.54 Å². The first-order valence-electron chi connectivity index (χ1n) is 9.63. The molecule has 158 valence electrons. The highest BCUT2D eigenvalue weighted by Crippen LogP contribution is 2.12. The van der Waals surface area contributed by atoms with E-state index in [9.17, 15) is 19.6 Å². The van der Waals surface area contributed by atoms with Crippen molar-refractivity contribution < 1.29 is 14.0 Å². The van der Waals surface area contributed by atoms with Crippen LogP contribution in [0.2, 0.25) is 0 Å². The van der Waals surface area contributed by atoms with E-state index in [1.807, 2.05) is 19.1 Å². The molecule has 0 spiro atoms. The number of nitriles is 1. The van der Waals surface area contributed by atoms with Crippen LogP contribution in [0.25, 0.3) is 0 Å². The number of nitrogens with one attached hydrogen (secondary N) is 2. The van der Waals surface area contributed by atoms with Crippen molar-refractivity contribution in [2.24, 2.45) is 0 Å². The summed E-state index contributed by atoms with van der Waals surface area (Å²) in [6.45, 7) is 5.22. The molecule has 8 nitrogen and oxygen atoms in total. The van der Waals surface area contributed by atoms with Crippen LogP contribution in [0, 0.1) is 32.1 Å². The number of furan rings is 1. The maximum absolute atomic E-state index is 12.5. The first kappa shape index (κ1) is 21.6. The van der Waals surface area contributed by atoms with Crippen LogP contribution in [0.3, 0.4) is 0 Å². The van der Waals surface area contributed by atoms with Crippen molar-refractivity contribution in [2.75, 3.05) is 5.32 Å². The van der Waals surface area contributed by atoms with Crippen molar-refractivity contribution in [3.05, 3.63) is 86.7 Å². The van der Waals surface area contributed by atoms with E-state index in [0.29, 0.717) is 28.3 Å². The maximum atomic E-state index is 12.5. The molecule has 3 rings (SSSR count). The largest absolute Gasteiger partial charge is 0.465 e. The number of aryl methyl sites for hydroxylation is 3. The summed E-state index contributed by atoms with van der Waals surface area (Å²) in [5, 5.41) is 14.6. The summed E-state index contributed by atoms with van der Waals surface area (Å²) in [7, 11) is 0. The fourth-order valence-electron chi connectivity index (χ4n) is 3.19. The highest BCUT2D eigenvalue weighted by molar-refractivity contribution is 5.97. The molecule has 8 heteroatoms. The number of hydrogen-bond donors (Lipinski definition) is 2. The molecular weight excluding hydrogens is 396 g/mol. The predicted octanol–water partition coefficient (Wildman–Crippen LogP) is 2.81. The third-order valence-electron chi connectivity index (χ3n) is 4.75. The zero-order chi connectivity index (χ0) is 22.5. The number of rotatable bonds is 6. The second-order valence-corrected chi connectivity index (χ2v) is 7.17. The number of nitrogens with zero attached hydrogens (tertiary/aromatic N) is 2. The highest BCUT2D eigenvalue weighted by Gasteiger charge is 2.14. The summed E-state index contributed by atoms with van der Waals surface area (Å²) in [6.07, 6.45) is 0. The summed E-state index contributed by atoms with van der Waals surface area (Å²) < 4.78 is 6.68. The van der Waals surface area contributed by atoms with Crippen molar-refractivity contribution in [1.29, 1.82) is 5.26 Å². The number of pyridine rings is 1. The summed E-state index contributed by atoms with van der Waals surface area (Å²) >= 11 is 0. The van der Waals surface area contributed by atoms with Crippen molar-refractivity contribution in [3.63, 3.8) is 0 Å². The number of anilines is 1. The zero-order valence-corrected chi connectivity index (χ0v) is 17.5. The van der Waals surface area contributed by atoms with Gasteiger partial charge < -0.3 is 19.6 Å². The standard InChI is InChI=1S/C23H22N4O4/c1-14-9-15(2)27(23(30)20(14)11-24)13-21(28)26-18-6-4-5-17(10-18)22(29)25-12-19-8-7-16(3)31-19/h4-10H,12-13H2,1-3H3,(H,25,29)(H,26,28). The van der Waals surface area contributed by atoms with Crippen molar-refractivity contribution >= 4 is 17.5 Å². The molecule has 0 aliphatic heterocycles. The Morgan fingerprint density at radius 2 is 1.90 bits per heavy atom. The van der Waals surface area contributed by atoms with Gasteiger partial charge in [0.1, 0.15) is 29.7 Å². The average molecular weight is 418 g/mol. The summed E-state index contributed by atoms with van der Waals surface area (Å²) in [6, 6.07) is 13.7. The first-order chi connectivity index (χ1) is 14.8. The molecule has 1 aromatic carbocycles. The topological polar surface area (TPSA) is 117 Å². The molecule has 0 aliphatic carbocycles. The molecule has 2 heterocycles. The monoisotopic (exact) mass is 418 g/mol. The van der Waals surface area contributed by atoms with Crippen LogP contribution in [0.4, 0.5) is 5.69 Å². The van der Waals surface area contributed by atoms with E-state index in [4.69, 9.17) is 4.42 Å². The molecule has 0 radical (unpaired) electrons. The van der Waals surface area contributed by atoms with Crippen molar-refractivity contribution in [2.45, 2.75) is 33.9 Å². The van der Waals surface area contributed by atoms with E-state index >= 15 is 0 Å². The first-order valence-corrected chi connectivity index (χ1v) is 9.63. The molecular formula is C23H22N4O4. The SMILES string of the molecule is Cc1ccc(CNC(=O)c2cccc(NC(=O)Cn3c(C)cc(C)c(C#N)c3=O)c2)o1. The van der Waals surface area contributed by atoms with E-state index in [1.54, 1.807) is 50.2 Å². The van der Waals surface area contributed by atoms with Gasteiger partial charge in [-0.1, -0.05) is 6.07 Å². The Bertz CT molecular complexity index is 1250. The minimum Gasteiger partial charge on any atom is -0.465 e. The number of aromatic nitrogens is 1. The molecule has 0 aliphatic rings. The van der Waals surface area contributed by atoms with Crippen molar-refractivity contribution in [1.82, 2.24) is 9.88 Å². The molecule has 0 saturated carbocycles. The van der Waals surface area contributed by atoms with Crippen LogP contribution in [0.5, 0.6) is 0 Å². The lowest BCUT2D eigenvalue weighted by atomic mass is 10.1.